The number of ether oxygens (including phenoxy) is 1. The van der Waals surface area contributed by atoms with E-state index < -0.39 is 0 Å². The normalized spacial score (nSPS) is 27.8. The number of hydrogen-bond donors (Lipinski definition) is 0. The molecule has 1 saturated carbocycles. The second kappa shape index (κ2) is 7.78. The van der Waals surface area contributed by atoms with Gasteiger partial charge in [-0.15, -0.1) is 0 Å². The molecule has 7 heteroatoms. The molecule has 1 spiro atoms. The van der Waals surface area contributed by atoms with Gasteiger partial charge in [0.1, 0.15) is 16.8 Å². The lowest BCUT2D eigenvalue weighted by molar-refractivity contribution is -0.156. The van der Waals surface area contributed by atoms with Crippen molar-refractivity contribution in [3.05, 3.63) is 46.0 Å². The summed E-state index contributed by atoms with van der Waals surface area (Å²) in [5.41, 5.74) is 1.12. The number of aromatic nitrogens is 2. The molecule has 0 aromatic carbocycles. The van der Waals surface area contributed by atoms with E-state index in [-0.39, 0.29) is 22.6 Å². The fraction of sp³-hybridized carbons (Fsp3) is 0.609. The van der Waals surface area contributed by atoms with Crippen LogP contribution in [0.5, 0.6) is 0 Å². The second-order valence-electron chi connectivity index (χ2n) is 9.05. The van der Waals surface area contributed by atoms with Crippen molar-refractivity contribution in [1.82, 2.24) is 19.2 Å². The van der Waals surface area contributed by atoms with Gasteiger partial charge < -0.3 is 9.64 Å². The van der Waals surface area contributed by atoms with Crippen molar-refractivity contribution in [2.75, 3.05) is 32.8 Å². The second-order valence-corrected chi connectivity index (χ2v) is 9.05. The van der Waals surface area contributed by atoms with Crippen LogP contribution >= 0.6 is 0 Å². The quantitative estimate of drug-likeness (QED) is 0.760. The van der Waals surface area contributed by atoms with Crippen molar-refractivity contribution in [3.8, 4) is 0 Å². The van der Waals surface area contributed by atoms with E-state index in [0.717, 1.165) is 37.9 Å². The molecule has 1 amide bonds. The highest BCUT2D eigenvalue weighted by atomic mass is 16.5. The Bertz CT molecular complexity index is 1010. The van der Waals surface area contributed by atoms with E-state index in [0.29, 0.717) is 31.4 Å². The molecule has 3 fully saturated rings. The highest BCUT2D eigenvalue weighted by Crippen LogP contribution is 2.39. The maximum Gasteiger partial charge on any atom is 0.270 e. The number of pyridine rings is 1. The van der Waals surface area contributed by atoms with E-state index in [9.17, 15) is 9.59 Å². The summed E-state index contributed by atoms with van der Waals surface area (Å²) in [6, 6.07) is 4.07. The van der Waals surface area contributed by atoms with Crippen LogP contribution in [0.2, 0.25) is 0 Å². The number of morpholine rings is 1. The first-order valence-electron chi connectivity index (χ1n) is 11.2. The van der Waals surface area contributed by atoms with Gasteiger partial charge in [0, 0.05) is 25.0 Å². The van der Waals surface area contributed by atoms with Gasteiger partial charge in [-0.2, -0.15) is 0 Å². The number of hydrogen-bond acceptors (Lipinski definition) is 5. The summed E-state index contributed by atoms with van der Waals surface area (Å²) >= 11 is 0. The summed E-state index contributed by atoms with van der Waals surface area (Å²) in [5, 5.41) is 0. The smallest absolute Gasteiger partial charge is 0.270 e. The van der Waals surface area contributed by atoms with Crippen LogP contribution in [0.25, 0.3) is 5.65 Å². The fourth-order valence-electron chi connectivity index (χ4n) is 5.59. The molecule has 2 aliphatic heterocycles. The van der Waals surface area contributed by atoms with E-state index in [1.54, 1.807) is 6.20 Å². The topological polar surface area (TPSA) is 67.2 Å². The predicted octanol–water partition coefficient (Wildman–Crippen LogP) is 2.25. The van der Waals surface area contributed by atoms with Crippen LogP contribution in [-0.4, -0.2) is 69.5 Å². The summed E-state index contributed by atoms with van der Waals surface area (Å²) in [7, 11) is 0. The van der Waals surface area contributed by atoms with Gasteiger partial charge in [0.2, 0.25) is 0 Å². The van der Waals surface area contributed by atoms with Crippen LogP contribution in [0.4, 0.5) is 0 Å². The van der Waals surface area contributed by atoms with E-state index in [1.807, 2.05) is 24.0 Å². The standard InChI is InChI=1S/C23H30N4O3/c1-17-7-11-27-20(14-17)24-15-18(22(27)29)21(28)26-12-13-30-23(16-26)8-3-2-6-19(23)25-9-4-5-10-25/h7,11,14-15,19H,2-6,8-10,12-13,16H2,1H3/t19-,23-/m1/s1. The van der Waals surface area contributed by atoms with Gasteiger partial charge in [-0.3, -0.25) is 18.9 Å². The molecule has 0 radical (unpaired) electrons. The van der Waals surface area contributed by atoms with E-state index in [2.05, 4.69) is 9.88 Å². The van der Waals surface area contributed by atoms with Crippen LogP contribution in [0, 0.1) is 6.92 Å². The maximum atomic E-state index is 13.4. The zero-order chi connectivity index (χ0) is 20.7. The summed E-state index contributed by atoms with van der Waals surface area (Å²) in [5.74, 6) is -0.226. The zero-order valence-electron chi connectivity index (χ0n) is 17.7. The molecule has 2 aromatic rings. The minimum atomic E-state index is -0.311. The Balaban J connectivity index is 1.43. The van der Waals surface area contributed by atoms with Crippen molar-refractivity contribution in [2.24, 2.45) is 0 Å². The first kappa shape index (κ1) is 19.7. The molecule has 3 aliphatic rings. The van der Waals surface area contributed by atoms with Crippen LogP contribution in [0.1, 0.15) is 54.4 Å². The number of carbonyl (C=O) groups excluding carboxylic acids is 1. The number of nitrogens with zero attached hydrogens (tertiary/aromatic N) is 4. The van der Waals surface area contributed by atoms with E-state index in [4.69, 9.17) is 4.74 Å². The Morgan fingerprint density at radius 3 is 2.87 bits per heavy atom. The lowest BCUT2D eigenvalue weighted by atomic mass is 9.78. The molecule has 30 heavy (non-hydrogen) atoms. The first-order valence-corrected chi connectivity index (χ1v) is 11.2. The number of aryl methyl sites for hydroxylation is 1. The van der Waals surface area contributed by atoms with Crippen LogP contribution in [0.15, 0.2) is 29.3 Å². The molecule has 1 aliphatic carbocycles. The summed E-state index contributed by atoms with van der Waals surface area (Å²) in [6.07, 6.45) is 10.1. The Kier molecular flexibility index (Phi) is 5.11. The molecule has 160 valence electrons. The highest BCUT2D eigenvalue weighted by molar-refractivity contribution is 5.94. The third-order valence-electron chi connectivity index (χ3n) is 7.11. The third-order valence-corrected chi connectivity index (χ3v) is 7.11. The minimum Gasteiger partial charge on any atom is -0.370 e. The molecule has 0 unspecified atom stereocenters. The largest absolute Gasteiger partial charge is 0.370 e. The van der Waals surface area contributed by atoms with E-state index >= 15 is 0 Å². The van der Waals surface area contributed by atoms with Crippen LogP contribution in [0.3, 0.4) is 0 Å². The van der Waals surface area contributed by atoms with Crippen molar-refractivity contribution < 1.29 is 9.53 Å². The van der Waals surface area contributed by atoms with Crippen molar-refractivity contribution in [3.63, 3.8) is 0 Å². The fourth-order valence-corrected chi connectivity index (χ4v) is 5.59. The van der Waals surface area contributed by atoms with Crippen LogP contribution in [-0.2, 0) is 4.74 Å². The number of rotatable bonds is 2. The van der Waals surface area contributed by atoms with Gasteiger partial charge in [-0.1, -0.05) is 12.8 Å². The molecular weight excluding hydrogens is 380 g/mol. The monoisotopic (exact) mass is 410 g/mol. The molecule has 2 saturated heterocycles. The average molecular weight is 411 g/mol. The molecule has 5 rings (SSSR count). The SMILES string of the molecule is Cc1ccn2c(=O)c(C(=O)N3CCO[C@]4(CCCC[C@H]4N4CCCC4)C3)cnc2c1. The average Bonchev–Trinajstić information content (AvgIpc) is 3.28. The van der Waals surface area contributed by atoms with Gasteiger partial charge in [0.15, 0.2) is 0 Å². The predicted molar refractivity (Wildman–Crippen MR) is 114 cm³/mol. The van der Waals surface area contributed by atoms with Crippen molar-refractivity contribution >= 4 is 11.6 Å². The van der Waals surface area contributed by atoms with Gasteiger partial charge in [0.25, 0.3) is 11.5 Å². The number of likely N-dealkylation sites (tertiary alicyclic amines) is 1. The van der Waals surface area contributed by atoms with Crippen molar-refractivity contribution in [2.45, 2.75) is 57.1 Å². The Labute approximate surface area is 176 Å². The Hall–Kier alpha value is -2.25. The molecule has 0 bridgehead atoms. The molecule has 4 heterocycles. The highest BCUT2D eigenvalue weighted by Gasteiger charge is 2.49. The molecule has 2 aromatic heterocycles. The van der Waals surface area contributed by atoms with Gasteiger partial charge >= 0.3 is 0 Å². The lowest BCUT2D eigenvalue weighted by Crippen LogP contribution is -2.64. The maximum absolute atomic E-state index is 13.4. The first-order chi connectivity index (χ1) is 14.6. The summed E-state index contributed by atoms with van der Waals surface area (Å²) in [4.78, 5) is 35.2. The molecular formula is C23H30N4O3. The molecule has 7 nitrogen and oxygen atoms in total. The molecule has 2 atom stereocenters. The third kappa shape index (κ3) is 3.34. The van der Waals surface area contributed by atoms with Gasteiger partial charge in [0.05, 0.1) is 13.2 Å². The Morgan fingerprint density at radius 2 is 2.03 bits per heavy atom. The van der Waals surface area contributed by atoms with Gasteiger partial charge in [-0.25, -0.2) is 4.98 Å². The Morgan fingerprint density at radius 1 is 1.20 bits per heavy atom. The number of fused-ring (bicyclic) bond motifs is 1. The van der Waals surface area contributed by atoms with Gasteiger partial charge in [-0.05, 0) is 63.4 Å². The van der Waals surface area contributed by atoms with Crippen LogP contribution < -0.4 is 5.56 Å². The minimum absolute atomic E-state index is 0.141. The van der Waals surface area contributed by atoms with Crippen molar-refractivity contribution in [1.29, 1.82) is 0 Å². The number of carbonyl (C=O) groups is 1. The lowest BCUT2D eigenvalue weighted by Gasteiger charge is -2.52. The summed E-state index contributed by atoms with van der Waals surface area (Å²) in [6.45, 7) is 5.81. The van der Waals surface area contributed by atoms with E-state index in [1.165, 1.54) is 29.9 Å². The zero-order valence-corrected chi connectivity index (χ0v) is 17.7. The molecule has 0 N–H and O–H groups in total. The summed E-state index contributed by atoms with van der Waals surface area (Å²) < 4.78 is 7.89. The number of amides is 1.